The van der Waals surface area contributed by atoms with Gasteiger partial charge in [-0.05, 0) is 31.0 Å². The minimum absolute atomic E-state index is 0.228. The summed E-state index contributed by atoms with van der Waals surface area (Å²) in [6, 6.07) is 2.77. The molecule has 0 unspecified atom stereocenters. The van der Waals surface area contributed by atoms with Gasteiger partial charge >= 0.3 is 0 Å². The smallest absolute Gasteiger partial charge is 0.211 e. The Morgan fingerprint density at radius 2 is 1.85 bits per heavy atom. The van der Waals surface area contributed by atoms with Gasteiger partial charge in [0.15, 0.2) is 5.78 Å². The molecule has 0 saturated carbocycles. The molecule has 4 nitrogen and oxygen atoms in total. The molecule has 0 spiro atoms. The highest BCUT2D eigenvalue weighted by molar-refractivity contribution is 7.88. The van der Waals surface area contributed by atoms with Crippen molar-refractivity contribution >= 4 is 15.8 Å². The summed E-state index contributed by atoms with van der Waals surface area (Å²) in [6.45, 7) is 0.457. The van der Waals surface area contributed by atoms with Crippen molar-refractivity contribution in [1.29, 1.82) is 0 Å². The molecule has 110 valence electrons. The van der Waals surface area contributed by atoms with Crippen LogP contribution < -0.4 is 0 Å². The van der Waals surface area contributed by atoms with Crippen molar-refractivity contribution in [2.75, 3.05) is 19.3 Å². The lowest BCUT2D eigenvalue weighted by Crippen LogP contribution is -2.39. The monoisotopic (exact) mass is 303 g/mol. The van der Waals surface area contributed by atoms with Gasteiger partial charge in [-0.3, -0.25) is 4.79 Å². The lowest BCUT2D eigenvalue weighted by Gasteiger charge is -2.29. The van der Waals surface area contributed by atoms with Crippen LogP contribution in [0.5, 0.6) is 0 Å². The molecule has 0 radical (unpaired) electrons. The van der Waals surface area contributed by atoms with Crippen LogP contribution in [0.2, 0.25) is 0 Å². The summed E-state index contributed by atoms with van der Waals surface area (Å²) in [6.07, 6.45) is 1.76. The fraction of sp³-hybridized carbons (Fsp3) is 0.462. The third kappa shape index (κ3) is 3.21. The maximum atomic E-state index is 13.5. The number of ketones is 1. The molecule has 1 aromatic carbocycles. The first kappa shape index (κ1) is 15.1. The number of sulfonamides is 1. The average molecular weight is 303 g/mol. The minimum Gasteiger partial charge on any atom is -0.294 e. The number of benzene rings is 1. The third-order valence-corrected chi connectivity index (χ3v) is 4.79. The Hall–Kier alpha value is -1.34. The van der Waals surface area contributed by atoms with Crippen molar-refractivity contribution in [2.45, 2.75) is 12.8 Å². The summed E-state index contributed by atoms with van der Waals surface area (Å²) in [7, 11) is -3.27. The average Bonchev–Trinajstić information content (AvgIpc) is 2.40. The van der Waals surface area contributed by atoms with E-state index in [-0.39, 0.29) is 18.7 Å². The number of piperidine rings is 1. The van der Waals surface area contributed by atoms with Crippen molar-refractivity contribution < 1.29 is 22.0 Å². The summed E-state index contributed by atoms with van der Waals surface area (Å²) in [4.78, 5) is 12.2. The zero-order valence-electron chi connectivity index (χ0n) is 11.0. The van der Waals surface area contributed by atoms with Crippen LogP contribution >= 0.6 is 0 Å². The van der Waals surface area contributed by atoms with Crippen molar-refractivity contribution in [3.8, 4) is 0 Å². The lowest BCUT2D eigenvalue weighted by atomic mass is 9.89. The first-order chi connectivity index (χ1) is 9.29. The van der Waals surface area contributed by atoms with E-state index in [0.29, 0.717) is 12.8 Å². The number of halogens is 2. The number of hydrogen-bond acceptors (Lipinski definition) is 3. The quantitative estimate of drug-likeness (QED) is 0.800. The van der Waals surface area contributed by atoms with Gasteiger partial charge in [-0.15, -0.1) is 0 Å². The van der Waals surface area contributed by atoms with Crippen LogP contribution in [-0.4, -0.2) is 37.9 Å². The number of carbonyl (C=O) groups is 1. The second-order valence-corrected chi connectivity index (χ2v) is 6.91. The predicted octanol–water partition coefficient (Wildman–Crippen LogP) is 1.82. The van der Waals surface area contributed by atoms with Crippen LogP contribution in [-0.2, 0) is 10.0 Å². The maximum absolute atomic E-state index is 13.5. The van der Waals surface area contributed by atoms with Gasteiger partial charge in [0.25, 0.3) is 0 Å². The van der Waals surface area contributed by atoms with E-state index in [1.54, 1.807) is 0 Å². The van der Waals surface area contributed by atoms with Crippen LogP contribution in [0.1, 0.15) is 23.2 Å². The number of Topliss-reactive ketones (excluding diaryl/α,β-unsaturated/α-hetero) is 1. The first-order valence-corrected chi connectivity index (χ1v) is 8.08. The molecule has 1 aliphatic rings. The predicted molar refractivity (Wildman–Crippen MR) is 69.8 cm³/mol. The summed E-state index contributed by atoms with van der Waals surface area (Å²) >= 11 is 0. The van der Waals surface area contributed by atoms with Gasteiger partial charge in [0.1, 0.15) is 11.6 Å². The highest BCUT2D eigenvalue weighted by Gasteiger charge is 2.30. The second kappa shape index (κ2) is 5.57. The van der Waals surface area contributed by atoms with E-state index in [4.69, 9.17) is 0 Å². The molecule has 0 amide bonds. The Labute approximate surface area is 116 Å². The summed E-state index contributed by atoms with van der Waals surface area (Å²) in [5.41, 5.74) is -0.261. The Balaban J connectivity index is 2.11. The van der Waals surface area contributed by atoms with E-state index in [1.807, 2.05) is 0 Å². The third-order valence-electron chi connectivity index (χ3n) is 3.49. The molecule has 0 aliphatic carbocycles. The van der Waals surface area contributed by atoms with Gasteiger partial charge in [-0.2, -0.15) is 0 Å². The van der Waals surface area contributed by atoms with Crippen molar-refractivity contribution in [3.63, 3.8) is 0 Å². The van der Waals surface area contributed by atoms with E-state index >= 15 is 0 Å². The fourth-order valence-corrected chi connectivity index (χ4v) is 3.23. The van der Waals surface area contributed by atoms with Gasteiger partial charge in [0.2, 0.25) is 10.0 Å². The molecule has 1 aliphatic heterocycles. The molecule has 1 saturated heterocycles. The molecular weight excluding hydrogens is 288 g/mol. The van der Waals surface area contributed by atoms with E-state index in [2.05, 4.69) is 0 Å². The van der Waals surface area contributed by atoms with E-state index in [0.717, 1.165) is 24.5 Å². The van der Waals surface area contributed by atoms with Crippen LogP contribution in [0, 0.1) is 17.6 Å². The largest absolute Gasteiger partial charge is 0.294 e. The topological polar surface area (TPSA) is 54.5 Å². The molecule has 1 heterocycles. The zero-order chi connectivity index (χ0) is 14.9. The molecule has 0 bridgehead atoms. The van der Waals surface area contributed by atoms with Crippen LogP contribution in [0.15, 0.2) is 18.2 Å². The highest BCUT2D eigenvalue weighted by atomic mass is 32.2. The van der Waals surface area contributed by atoms with Crippen LogP contribution in [0.25, 0.3) is 0 Å². The van der Waals surface area contributed by atoms with Crippen LogP contribution in [0.3, 0.4) is 0 Å². The lowest BCUT2D eigenvalue weighted by molar-refractivity contribution is 0.0870. The first-order valence-electron chi connectivity index (χ1n) is 6.23. The Morgan fingerprint density at radius 3 is 2.40 bits per heavy atom. The van der Waals surface area contributed by atoms with Gasteiger partial charge in [0, 0.05) is 19.0 Å². The Morgan fingerprint density at radius 1 is 1.25 bits per heavy atom. The number of nitrogens with zero attached hydrogens (tertiary/aromatic N) is 1. The van der Waals surface area contributed by atoms with Crippen LogP contribution in [0.4, 0.5) is 8.78 Å². The Bertz CT molecular complexity index is 623. The summed E-state index contributed by atoms with van der Waals surface area (Å²) in [5.74, 6) is -2.34. The SMILES string of the molecule is CS(=O)(=O)N1CCC(C(=O)c2cc(F)ccc2F)CC1. The van der Waals surface area contributed by atoms with Crippen molar-refractivity contribution in [1.82, 2.24) is 4.31 Å². The van der Waals surface area contributed by atoms with Gasteiger partial charge in [-0.25, -0.2) is 21.5 Å². The van der Waals surface area contributed by atoms with E-state index in [1.165, 1.54) is 4.31 Å². The number of hydrogen-bond donors (Lipinski definition) is 0. The molecular formula is C13H15F2NO3S. The fourth-order valence-electron chi connectivity index (χ4n) is 2.36. The van der Waals surface area contributed by atoms with Gasteiger partial charge in [-0.1, -0.05) is 0 Å². The Kier molecular flexibility index (Phi) is 4.19. The molecule has 1 fully saturated rings. The molecule has 7 heteroatoms. The molecule has 0 N–H and O–H groups in total. The highest BCUT2D eigenvalue weighted by Crippen LogP contribution is 2.24. The van der Waals surface area contributed by atoms with E-state index in [9.17, 15) is 22.0 Å². The molecule has 20 heavy (non-hydrogen) atoms. The minimum atomic E-state index is -3.27. The van der Waals surface area contributed by atoms with E-state index < -0.39 is 33.4 Å². The maximum Gasteiger partial charge on any atom is 0.211 e. The zero-order valence-corrected chi connectivity index (χ0v) is 11.8. The molecule has 2 rings (SSSR count). The normalized spacial score (nSPS) is 18.1. The number of carbonyl (C=O) groups excluding carboxylic acids is 1. The molecule has 0 atom stereocenters. The summed E-state index contributed by atoms with van der Waals surface area (Å²) < 4.78 is 50.7. The summed E-state index contributed by atoms with van der Waals surface area (Å²) in [5, 5.41) is 0. The molecule has 0 aromatic heterocycles. The standard InChI is InChI=1S/C13H15F2NO3S/c1-20(18,19)16-6-4-9(5-7-16)13(17)11-8-10(14)2-3-12(11)15/h2-3,8-9H,4-7H2,1H3. The van der Waals surface area contributed by atoms with Gasteiger partial charge < -0.3 is 0 Å². The molecule has 1 aromatic rings. The van der Waals surface area contributed by atoms with Crippen molar-refractivity contribution in [3.05, 3.63) is 35.4 Å². The number of rotatable bonds is 3. The second-order valence-electron chi connectivity index (χ2n) is 4.92. The van der Waals surface area contributed by atoms with Crippen molar-refractivity contribution in [2.24, 2.45) is 5.92 Å². The van der Waals surface area contributed by atoms with Gasteiger partial charge in [0.05, 0.1) is 11.8 Å².